The summed E-state index contributed by atoms with van der Waals surface area (Å²) in [6, 6.07) is 21.9. The Morgan fingerprint density at radius 3 is 2.35 bits per heavy atom. The van der Waals surface area contributed by atoms with Gasteiger partial charge in [0.05, 0.1) is 6.61 Å². The summed E-state index contributed by atoms with van der Waals surface area (Å²) in [5.74, 6) is -0.0675. The van der Waals surface area contributed by atoms with Crippen LogP contribution in [0.3, 0.4) is 0 Å². The van der Waals surface area contributed by atoms with Crippen molar-refractivity contribution in [3.8, 4) is 0 Å². The molecule has 0 radical (unpaired) electrons. The zero-order valence-corrected chi connectivity index (χ0v) is 13.1. The summed E-state index contributed by atoms with van der Waals surface area (Å²) in [7, 11) is 1.66. The lowest BCUT2D eigenvalue weighted by Gasteiger charge is -2.07. The van der Waals surface area contributed by atoms with E-state index in [1.54, 1.807) is 7.11 Å². The van der Waals surface area contributed by atoms with Gasteiger partial charge in [0.1, 0.15) is 0 Å². The van der Waals surface area contributed by atoms with E-state index in [0.29, 0.717) is 18.7 Å². The van der Waals surface area contributed by atoms with Gasteiger partial charge in [-0.15, -0.1) is 0 Å². The van der Waals surface area contributed by atoms with Crippen LogP contribution in [-0.2, 0) is 17.9 Å². The zero-order valence-electron chi connectivity index (χ0n) is 13.1. The number of hydrogen-bond acceptors (Lipinski definition) is 2. The van der Waals surface area contributed by atoms with Crippen molar-refractivity contribution in [3.63, 3.8) is 0 Å². The number of rotatable bonds is 5. The first-order valence-corrected chi connectivity index (χ1v) is 7.60. The Kier molecular flexibility index (Phi) is 4.69. The third-order valence-corrected chi connectivity index (χ3v) is 3.79. The van der Waals surface area contributed by atoms with E-state index >= 15 is 0 Å². The molecular formula is C20H19NO2. The first-order chi connectivity index (χ1) is 11.3. The van der Waals surface area contributed by atoms with Crippen LogP contribution >= 0.6 is 0 Å². The molecule has 0 aliphatic carbocycles. The second-order valence-electron chi connectivity index (χ2n) is 5.49. The topological polar surface area (TPSA) is 38.3 Å². The third kappa shape index (κ3) is 3.76. The number of carbonyl (C=O) groups excluding carboxylic acids is 1. The second kappa shape index (κ2) is 7.07. The lowest BCUT2D eigenvalue weighted by molar-refractivity contribution is 0.0951. The summed E-state index contributed by atoms with van der Waals surface area (Å²) in [5.41, 5.74) is 2.80. The molecule has 0 unspecified atom stereocenters. The molecule has 0 atom stereocenters. The Morgan fingerprint density at radius 2 is 1.61 bits per heavy atom. The fourth-order valence-electron chi connectivity index (χ4n) is 2.55. The molecule has 0 heterocycles. The lowest BCUT2D eigenvalue weighted by atomic mass is 10.1. The summed E-state index contributed by atoms with van der Waals surface area (Å²) in [6.07, 6.45) is 0. The molecule has 0 spiro atoms. The highest BCUT2D eigenvalue weighted by Crippen LogP contribution is 2.15. The van der Waals surface area contributed by atoms with Crippen molar-refractivity contribution in [2.45, 2.75) is 13.2 Å². The van der Waals surface area contributed by atoms with E-state index in [1.165, 1.54) is 10.8 Å². The van der Waals surface area contributed by atoms with Gasteiger partial charge in [-0.1, -0.05) is 48.5 Å². The zero-order chi connectivity index (χ0) is 16.1. The minimum atomic E-state index is -0.0675. The van der Waals surface area contributed by atoms with Crippen LogP contribution in [0.5, 0.6) is 0 Å². The standard InChI is InChI=1S/C20H19NO2/c1-23-14-15-6-10-18(11-7-15)20(22)21-13-16-8-9-17-4-2-3-5-19(17)12-16/h2-12H,13-14H2,1H3,(H,21,22). The molecule has 0 bridgehead atoms. The third-order valence-electron chi connectivity index (χ3n) is 3.79. The van der Waals surface area contributed by atoms with Crippen LogP contribution < -0.4 is 5.32 Å². The molecular weight excluding hydrogens is 286 g/mol. The summed E-state index contributed by atoms with van der Waals surface area (Å²) in [5, 5.41) is 5.35. The molecule has 0 aromatic heterocycles. The molecule has 3 nitrogen and oxygen atoms in total. The summed E-state index contributed by atoms with van der Waals surface area (Å²) >= 11 is 0. The Morgan fingerprint density at radius 1 is 0.913 bits per heavy atom. The fourth-order valence-corrected chi connectivity index (χ4v) is 2.55. The van der Waals surface area contributed by atoms with Gasteiger partial charge < -0.3 is 10.1 Å². The normalized spacial score (nSPS) is 10.7. The number of benzene rings is 3. The van der Waals surface area contributed by atoms with Gasteiger partial charge in [0.2, 0.25) is 0 Å². The van der Waals surface area contributed by atoms with Crippen LogP contribution in [-0.4, -0.2) is 13.0 Å². The van der Waals surface area contributed by atoms with E-state index in [9.17, 15) is 4.79 Å². The smallest absolute Gasteiger partial charge is 0.251 e. The van der Waals surface area contributed by atoms with E-state index in [4.69, 9.17) is 4.74 Å². The number of amides is 1. The largest absolute Gasteiger partial charge is 0.380 e. The van der Waals surface area contributed by atoms with E-state index < -0.39 is 0 Å². The first kappa shape index (κ1) is 15.3. The molecule has 0 aliphatic rings. The van der Waals surface area contributed by atoms with E-state index in [2.05, 4.69) is 29.6 Å². The maximum atomic E-state index is 12.2. The predicted octanol–water partition coefficient (Wildman–Crippen LogP) is 3.92. The fraction of sp³-hybridized carbons (Fsp3) is 0.150. The average molecular weight is 305 g/mol. The van der Waals surface area contributed by atoms with Crippen molar-refractivity contribution in [3.05, 3.63) is 83.4 Å². The van der Waals surface area contributed by atoms with Gasteiger partial charge in [-0.25, -0.2) is 0 Å². The van der Waals surface area contributed by atoms with Crippen LogP contribution in [0.25, 0.3) is 10.8 Å². The van der Waals surface area contributed by atoms with Crippen molar-refractivity contribution in [2.75, 3.05) is 7.11 Å². The number of carbonyl (C=O) groups is 1. The molecule has 0 aliphatic heterocycles. The minimum absolute atomic E-state index is 0.0675. The number of nitrogens with one attached hydrogen (secondary N) is 1. The molecule has 1 N–H and O–H groups in total. The Hall–Kier alpha value is -2.65. The van der Waals surface area contributed by atoms with Gasteiger partial charge in [-0.3, -0.25) is 4.79 Å². The van der Waals surface area contributed by atoms with Gasteiger partial charge in [-0.05, 0) is 40.1 Å². The molecule has 3 aromatic rings. The highest BCUT2D eigenvalue weighted by Gasteiger charge is 2.05. The molecule has 3 rings (SSSR count). The summed E-state index contributed by atoms with van der Waals surface area (Å²) in [6.45, 7) is 1.07. The number of methoxy groups -OCH3 is 1. The SMILES string of the molecule is COCc1ccc(C(=O)NCc2ccc3ccccc3c2)cc1. The molecule has 3 heteroatoms. The van der Waals surface area contributed by atoms with Crippen LogP contribution in [0.4, 0.5) is 0 Å². The van der Waals surface area contributed by atoms with E-state index in [-0.39, 0.29) is 5.91 Å². The summed E-state index contributed by atoms with van der Waals surface area (Å²) in [4.78, 5) is 12.2. The maximum absolute atomic E-state index is 12.2. The molecule has 3 aromatic carbocycles. The van der Waals surface area contributed by atoms with Crippen LogP contribution in [0.1, 0.15) is 21.5 Å². The van der Waals surface area contributed by atoms with Crippen molar-refractivity contribution in [1.29, 1.82) is 0 Å². The van der Waals surface area contributed by atoms with Crippen molar-refractivity contribution in [2.24, 2.45) is 0 Å². The van der Waals surface area contributed by atoms with Gasteiger partial charge >= 0.3 is 0 Å². The minimum Gasteiger partial charge on any atom is -0.380 e. The second-order valence-corrected chi connectivity index (χ2v) is 5.49. The van der Waals surface area contributed by atoms with Crippen LogP contribution in [0.15, 0.2) is 66.7 Å². The highest BCUT2D eigenvalue weighted by atomic mass is 16.5. The lowest BCUT2D eigenvalue weighted by Crippen LogP contribution is -2.22. The molecule has 0 fully saturated rings. The van der Waals surface area contributed by atoms with Crippen LogP contribution in [0.2, 0.25) is 0 Å². The molecule has 1 amide bonds. The van der Waals surface area contributed by atoms with Gasteiger partial charge in [0, 0.05) is 19.2 Å². The molecule has 0 saturated heterocycles. The summed E-state index contributed by atoms with van der Waals surface area (Å²) < 4.78 is 5.07. The number of hydrogen-bond donors (Lipinski definition) is 1. The highest BCUT2D eigenvalue weighted by molar-refractivity contribution is 5.94. The van der Waals surface area contributed by atoms with E-state index in [1.807, 2.05) is 42.5 Å². The van der Waals surface area contributed by atoms with Crippen LogP contribution in [0, 0.1) is 0 Å². The van der Waals surface area contributed by atoms with Crippen molar-refractivity contribution < 1.29 is 9.53 Å². The Bertz CT molecular complexity index is 809. The van der Waals surface area contributed by atoms with E-state index in [0.717, 1.165) is 11.1 Å². The number of ether oxygens (including phenoxy) is 1. The molecule has 0 saturated carbocycles. The number of fused-ring (bicyclic) bond motifs is 1. The Balaban J connectivity index is 1.65. The first-order valence-electron chi connectivity index (χ1n) is 7.60. The Labute approximate surface area is 135 Å². The van der Waals surface area contributed by atoms with Crippen molar-refractivity contribution in [1.82, 2.24) is 5.32 Å². The van der Waals surface area contributed by atoms with Crippen molar-refractivity contribution >= 4 is 16.7 Å². The van der Waals surface area contributed by atoms with Gasteiger partial charge in [-0.2, -0.15) is 0 Å². The average Bonchev–Trinajstić information content (AvgIpc) is 2.60. The van der Waals surface area contributed by atoms with Gasteiger partial charge in [0.25, 0.3) is 5.91 Å². The maximum Gasteiger partial charge on any atom is 0.251 e. The predicted molar refractivity (Wildman–Crippen MR) is 92.3 cm³/mol. The monoisotopic (exact) mass is 305 g/mol. The quantitative estimate of drug-likeness (QED) is 0.776. The molecule has 23 heavy (non-hydrogen) atoms. The van der Waals surface area contributed by atoms with Gasteiger partial charge in [0.15, 0.2) is 0 Å². The molecule has 116 valence electrons.